The van der Waals surface area contributed by atoms with Crippen molar-refractivity contribution in [3.05, 3.63) is 57.5 Å². The summed E-state index contributed by atoms with van der Waals surface area (Å²) in [6, 6.07) is 11.8. The second kappa shape index (κ2) is 6.08. The Morgan fingerprint density at radius 1 is 1.16 bits per heavy atom. The van der Waals surface area contributed by atoms with Crippen LogP contribution >= 0.6 is 27.5 Å². The summed E-state index contributed by atoms with van der Waals surface area (Å²) in [6.45, 7) is 0. The number of benzene rings is 2. The van der Waals surface area contributed by atoms with E-state index in [1.807, 2.05) is 0 Å². The molecule has 2 aromatic rings. The van der Waals surface area contributed by atoms with Crippen molar-refractivity contribution in [1.82, 2.24) is 0 Å². The minimum atomic E-state index is -0.479. The maximum Gasteiger partial charge on any atom is 0.344 e. The number of ether oxygens (including phenoxy) is 2. The first kappa shape index (κ1) is 13.9. The van der Waals surface area contributed by atoms with Crippen LogP contribution in [0.2, 0.25) is 5.02 Å². The smallest absolute Gasteiger partial charge is 0.344 e. The van der Waals surface area contributed by atoms with Crippen LogP contribution < -0.4 is 9.47 Å². The van der Waals surface area contributed by atoms with Crippen molar-refractivity contribution in [2.24, 2.45) is 0 Å². The van der Waals surface area contributed by atoms with E-state index in [4.69, 9.17) is 21.1 Å². The molecule has 2 rings (SSSR count). The molecule has 3 nitrogen and oxygen atoms in total. The molecule has 0 aliphatic rings. The lowest BCUT2D eigenvalue weighted by Crippen LogP contribution is -2.09. The SMILES string of the molecule is COc1ccc(Br)c(C(=O)Oc2cccc(Cl)c2)c1. The van der Waals surface area contributed by atoms with Crippen LogP contribution in [0.3, 0.4) is 0 Å². The molecule has 0 atom stereocenters. The van der Waals surface area contributed by atoms with Crippen molar-refractivity contribution in [3.8, 4) is 11.5 Å². The predicted molar refractivity (Wildman–Crippen MR) is 77.1 cm³/mol. The fourth-order valence-corrected chi connectivity index (χ4v) is 2.07. The Bertz CT molecular complexity index is 613. The van der Waals surface area contributed by atoms with Crippen LogP contribution in [-0.2, 0) is 0 Å². The number of carbonyl (C=O) groups excluding carboxylic acids is 1. The molecule has 0 radical (unpaired) electrons. The van der Waals surface area contributed by atoms with E-state index < -0.39 is 5.97 Å². The van der Waals surface area contributed by atoms with Gasteiger partial charge in [-0.25, -0.2) is 4.79 Å². The number of hydrogen-bond donors (Lipinski definition) is 0. The summed E-state index contributed by atoms with van der Waals surface area (Å²) in [6.07, 6.45) is 0. The van der Waals surface area contributed by atoms with E-state index in [-0.39, 0.29) is 0 Å². The van der Waals surface area contributed by atoms with Crippen LogP contribution in [0.1, 0.15) is 10.4 Å². The van der Waals surface area contributed by atoms with Crippen molar-refractivity contribution < 1.29 is 14.3 Å². The summed E-state index contributed by atoms with van der Waals surface area (Å²) >= 11 is 9.14. The topological polar surface area (TPSA) is 35.5 Å². The third-order valence-electron chi connectivity index (χ3n) is 2.40. The van der Waals surface area contributed by atoms with Crippen LogP contribution in [0.4, 0.5) is 0 Å². The molecule has 0 spiro atoms. The van der Waals surface area contributed by atoms with Crippen LogP contribution in [0.5, 0.6) is 11.5 Å². The lowest BCUT2D eigenvalue weighted by Gasteiger charge is -2.08. The molecule has 19 heavy (non-hydrogen) atoms. The van der Waals surface area contributed by atoms with Crippen molar-refractivity contribution in [1.29, 1.82) is 0 Å². The molecule has 0 heterocycles. The molecule has 5 heteroatoms. The van der Waals surface area contributed by atoms with Gasteiger partial charge in [-0.05, 0) is 52.3 Å². The van der Waals surface area contributed by atoms with E-state index in [1.54, 1.807) is 42.5 Å². The maximum atomic E-state index is 12.1. The molecule has 0 aliphatic carbocycles. The summed E-state index contributed by atoms with van der Waals surface area (Å²) < 4.78 is 11.0. The molecular formula is C14H10BrClO3. The van der Waals surface area contributed by atoms with Gasteiger partial charge >= 0.3 is 5.97 Å². The Morgan fingerprint density at radius 2 is 1.95 bits per heavy atom. The summed E-state index contributed by atoms with van der Waals surface area (Å²) in [5.74, 6) is 0.501. The van der Waals surface area contributed by atoms with Gasteiger partial charge in [0.2, 0.25) is 0 Å². The second-order valence-corrected chi connectivity index (χ2v) is 4.98. The zero-order chi connectivity index (χ0) is 13.8. The first-order valence-corrected chi connectivity index (χ1v) is 6.58. The fraction of sp³-hybridized carbons (Fsp3) is 0.0714. The van der Waals surface area contributed by atoms with Gasteiger partial charge in [-0.1, -0.05) is 17.7 Å². The number of rotatable bonds is 3. The average Bonchev–Trinajstić information content (AvgIpc) is 2.39. The number of esters is 1. The van der Waals surface area contributed by atoms with E-state index >= 15 is 0 Å². The van der Waals surface area contributed by atoms with Crippen molar-refractivity contribution in [2.45, 2.75) is 0 Å². The van der Waals surface area contributed by atoms with E-state index in [1.165, 1.54) is 7.11 Å². The molecule has 0 fully saturated rings. The highest BCUT2D eigenvalue weighted by Crippen LogP contribution is 2.25. The van der Waals surface area contributed by atoms with Gasteiger partial charge in [0.15, 0.2) is 0 Å². The Morgan fingerprint density at radius 3 is 2.63 bits per heavy atom. The largest absolute Gasteiger partial charge is 0.497 e. The molecule has 0 saturated carbocycles. The first-order chi connectivity index (χ1) is 9.10. The van der Waals surface area contributed by atoms with E-state index in [2.05, 4.69) is 15.9 Å². The van der Waals surface area contributed by atoms with Gasteiger partial charge in [0, 0.05) is 9.50 Å². The normalized spacial score (nSPS) is 10.1. The van der Waals surface area contributed by atoms with E-state index in [0.29, 0.717) is 26.6 Å². The molecular weight excluding hydrogens is 332 g/mol. The molecule has 0 amide bonds. The minimum absolute atomic E-state index is 0.388. The fourth-order valence-electron chi connectivity index (χ4n) is 1.48. The molecule has 98 valence electrons. The monoisotopic (exact) mass is 340 g/mol. The summed E-state index contributed by atoms with van der Waals surface area (Å²) in [7, 11) is 1.54. The first-order valence-electron chi connectivity index (χ1n) is 5.41. The second-order valence-electron chi connectivity index (χ2n) is 3.69. The van der Waals surface area contributed by atoms with Crippen LogP contribution in [0.25, 0.3) is 0 Å². The Labute approximate surface area is 124 Å². The highest BCUT2D eigenvalue weighted by molar-refractivity contribution is 9.10. The molecule has 0 bridgehead atoms. The van der Waals surface area contributed by atoms with Crippen molar-refractivity contribution in [2.75, 3.05) is 7.11 Å². The van der Waals surface area contributed by atoms with Gasteiger partial charge in [0.1, 0.15) is 11.5 Å². The van der Waals surface area contributed by atoms with Gasteiger partial charge in [-0.15, -0.1) is 0 Å². The quantitative estimate of drug-likeness (QED) is 0.616. The van der Waals surface area contributed by atoms with Gasteiger partial charge in [-0.2, -0.15) is 0 Å². The molecule has 2 aromatic carbocycles. The van der Waals surface area contributed by atoms with Crippen molar-refractivity contribution in [3.63, 3.8) is 0 Å². The number of carbonyl (C=O) groups is 1. The van der Waals surface area contributed by atoms with Gasteiger partial charge in [0.25, 0.3) is 0 Å². The van der Waals surface area contributed by atoms with E-state index in [0.717, 1.165) is 0 Å². The summed E-state index contributed by atoms with van der Waals surface area (Å²) in [4.78, 5) is 12.1. The minimum Gasteiger partial charge on any atom is -0.497 e. The van der Waals surface area contributed by atoms with Gasteiger partial charge in [0.05, 0.1) is 12.7 Å². The van der Waals surface area contributed by atoms with Crippen LogP contribution in [0.15, 0.2) is 46.9 Å². The molecule has 0 saturated heterocycles. The third kappa shape index (κ3) is 3.49. The Balaban J connectivity index is 2.25. The molecule has 0 aliphatic heterocycles. The maximum absolute atomic E-state index is 12.1. The highest BCUT2D eigenvalue weighted by Gasteiger charge is 2.14. The zero-order valence-electron chi connectivity index (χ0n) is 10.0. The lowest BCUT2D eigenvalue weighted by molar-refractivity contribution is 0.0733. The number of hydrogen-bond acceptors (Lipinski definition) is 3. The predicted octanol–water partition coefficient (Wildman–Crippen LogP) is 4.33. The highest BCUT2D eigenvalue weighted by atomic mass is 79.9. The molecule has 0 unspecified atom stereocenters. The summed E-state index contributed by atoms with van der Waals surface area (Å²) in [5, 5.41) is 0.509. The Kier molecular flexibility index (Phi) is 4.45. The standard InChI is InChI=1S/C14H10BrClO3/c1-18-10-5-6-13(15)12(8-10)14(17)19-11-4-2-3-9(16)7-11/h2-8H,1H3. The van der Waals surface area contributed by atoms with Gasteiger partial charge in [-0.3, -0.25) is 0 Å². The lowest BCUT2D eigenvalue weighted by atomic mass is 10.2. The number of halogens is 2. The average molecular weight is 342 g/mol. The molecule has 0 aromatic heterocycles. The molecule has 0 N–H and O–H groups in total. The third-order valence-corrected chi connectivity index (χ3v) is 3.33. The van der Waals surface area contributed by atoms with Crippen molar-refractivity contribution >= 4 is 33.5 Å². The number of methoxy groups -OCH3 is 1. The summed E-state index contributed by atoms with van der Waals surface area (Å²) in [5.41, 5.74) is 0.388. The van der Waals surface area contributed by atoms with Gasteiger partial charge < -0.3 is 9.47 Å². The zero-order valence-corrected chi connectivity index (χ0v) is 12.4. The van der Waals surface area contributed by atoms with E-state index in [9.17, 15) is 4.79 Å². The van der Waals surface area contributed by atoms with Crippen LogP contribution in [-0.4, -0.2) is 13.1 Å². The Hall–Kier alpha value is -1.52. The van der Waals surface area contributed by atoms with Crippen LogP contribution in [0, 0.1) is 0 Å².